The second-order valence-electron chi connectivity index (χ2n) is 7.70. The third kappa shape index (κ3) is 4.70. The van der Waals surface area contributed by atoms with Crippen LogP contribution in [0, 0.1) is 5.41 Å². The second kappa shape index (κ2) is 7.58. The smallest absolute Gasteiger partial charge is 0.258 e. The summed E-state index contributed by atoms with van der Waals surface area (Å²) in [6.45, 7) is 6.40. The van der Waals surface area contributed by atoms with Crippen molar-refractivity contribution in [2.24, 2.45) is 16.1 Å². The first-order valence-corrected chi connectivity index (χ1v) is 8.91. The van der Waals surface area contributed by atoms with Gasteiger partial charge in [0.2, 0.25) is 5.96 Å². The van der Waals surface area contributed by atoms with Crippen molar-refractivity contribution in [1.82, 2.24) is 10.3 Å². The van der Waals surface area contributed by atoms with E-state index in [1.54, 1.807) is 6.20 Å². The van der Waals surface area contributed by atoms with E-state index in [-0.39, 0.29) is 17.3 Å². The molecule has 1 aromatic heterocycles. The van der Waals surface area contributed by atoms with E-state index >= 15 is 0 Å². The van der Waals surface area contributed by atoms with Gasteiger partial charge in [-0.15, -0.1) is 0 Å². The number of aliphatic imine (C=N–C) groups is 1. The number of benzene rings is 2. The Kier molecular flexibility index (Phi) is 5.21. The largest absolute Gasteiger partial charge is 0.369 e. The van der Waals surface area contributed by atoms with Gasteiger partial charge in [-0.05, 0) is 35.6 Å². The van der Waals surface area contributed by atoms with Crippen LogP contribution < -0.4 is 11.1 Å². The lowest BCUT2D eigenvalue weighted by Gasteiger charge is -2.21. The molecule has 3 N–H and O–H groups in total. The van der Waals surface area contributed by atoms with Gasteiger partial charge in [0.1, 0.15) is 0 Å². The topological polar surface area (TPSA) is 80.4 Å². The van der Waals surface area contributed by atoms with Crippen LogP contribution in [0.2, 0.25) is 0 Å². The molecular formula is C22H24N4O. The molecule has 27 heavy (non-hydrogen) atoms. The van der Waals surface area contributed by atoms with Gasteiger partial charge in [0.15, 0.2) is 0 Å². The van der Waals surface area contributed by atoms with Gasteiger partial charge >= 0.3 is 0 Å². The average molecular weight is 360 g/mol. The number of pyridine rings is 1. The number of para-hydroxylation sites is 2. The standard InChI is InChI=1S/C22H24N4O/c1-22(2,3)13-15-14-24-18-12-8-7-11-17(18)19(15)20(27)26-21(23)25-16-9-5-4-6-10-16/h4-12,14H,13H2,1-3H3,(H3,23,25,26,27). The Balaban J connectivity index is 1.99. The monoisotopic (exact) mass is 360 g/mol. The van der Waals surface area contributed by atoms with Crippen molar-refractivity contribution >= 4 is 28.5 Å². The molecule has 0 saturated carbocycles. The number of guanidine groups is 1. The highest BCUT2D eigenvalue weighted by Gasteiger charge is 2.21. The van der Waals surface area contributed by atoms with Crippen molar-refractivity contribution in [2.45, 2.75) is 27.2 Å². The maximum atomic E-state index is 13.1. The van der Waals surface area contributed by atoms with Gasteiger partial charge in [-0.2, -0.15) is 0 Å². The molecule has 0 atom stereocenters. The summed E-state index contributed by atoms with van der Waals surface area (Å²) in [6, 6.07) is 16.9. The van der Waals surface area contributed by atoms with Crippen LogP contribution in [0.15, 0.2) is 65.8 Å². The zero-order chi connectivity index (χ0) is 19.4. The quantitative estimate of drug-likeness (QED) is 0.542. The molecule has 0 unspecified atom stereocenters. The molecule has 1 amide bonds. The maximum absolute atomic E-state index is 13.1. The van der Waals surface area contributed by atoms with Crippen LogP contribution in [-0.4, -0.2) is 16.9 Å². The van der Waals surface area contributed by atoms with Crippen LogP contribution in [0.1, 0.15) is 36.7 Å². The van der Waals surface area contributed by atoms with Gasteiger partial charge in [0.05, 0.1) is 16.8 Å². The first kappa shape index (κ1) is 18.6. The van der Waals surface area contributed by atoms with Crippen LogP contribution in [0.25, 0.3) is 10.9 Å². The SMILES string of the molecule is CC(C)(C)Cc1cnc2ccccc2c1C(=O)NC(N)=Nc1ccccc1. The highest BCUT2D eigenvalue weighted by molar-refractivity contribution is 6.13. The van der Waals surface area contributed by atoms with E-state index < -0.39 is 0 Å². The molecule has 5 nitrogen and oxygen atoms in total. The predicted octanol–water partition coefficient (Wildman–Crippen LogP) is 4.20. The summed E-state index contributed by atoms with van der Waals surface area (Å²) in [5.74, 6) is -0.209. The Hall–Kier alpha value is -3.21. The number of carbonyl (C=O) groups excluding carboxylic acids is 1. The minimum atomic E-state index is -0.273. The summed E-state index contributed by atoms with van der Waals surface area (Å²) in [5, 5.41) is 3.53. The number of nitrogens with zero attached hydrogens (tertiary/aromatic N) is 2. The molecule has 2 aromatic carbocycles. The predicted molar refractivity (Wildman–Crippen MR) is 110 cm³/mol. The van der Waals surface area contributed by atoms with Gasteiger partial charge in [0, 0.05) is 11.6 Å². The minimum absolute atomic E-state index is 0.0167. The molecule has 3 aromatic rings. The number of amides is 1. The molecule has 138 valence electrons. The highest BCUT2D eigenvalue weighted by Crippen LogP contribution is 2.27. The molecule has 0 bridgehead atoms. The van der Waals surface area contributed by atoms with Crippen LogP contribution in [0.5, 0.6) is 0 Å². The Labute approximate surface area is 159 Å². The first-order chi connectivity index (χ1) is 12.8. The van der Waals surface area contributed by atoms with E-state index in [1.165, 1.54) is 0 Å². The molecule has 0 spiro atoms. The summed E-state index contributed by atoms with van der Waals surface area (Å²) in [7, 11) is 0. The van der Waals surface area contributed by atoms with Crippen LogP contribution in [0.4, 0.5) is 5.69 Å². The summed E-state index contributed by atoms with van der Waals surface area (Å²) in [6.07, 6.45) is 2.51. The Morgan fingerprint density at radius 2 is 1.74 bits per heavy atom. The number of carbonyl (C=O) groups is 1. The fraction of sp³-hybridized carbons (Fsp3) is 0.227. The number of rotatable bonds is 3. The van der Waals surface area contributed by atoms with Gasteiger partial charge < -0.3 is 5.73 Å². The fourth-order valence-electron chi connectivity index (χ4n) is 3.00. The zero-order valence-electron chi connectivity index (χ0n) is 15.9. The summed E-state index contributed by atoms with van der Waals surface area (Å²) >= 11 is 0. The molecular weight excluding hydrogens is 336 g/mol. The lowest BCUT2D eigenvalue weighted by molar-refractivity contribution is 0.0977. The van der Waals surface area contributed by atoms with E-state index in [1.807, 2.05) is 54.6 Å². The molecule has 5 heteroatoms. The maximum Gasteiger partial charge on any atom is 0.258 e. The van der Waals surface area contributed by atoms with E-state index in [4.69, 9.17) is 5.73 Å². The normalized spacial score (nSPS) is 12.2. The van der Waals surface area contributed by atoms with Gasteiger partial charge in [0.25, 0.3) is 5.91 Å². The third-order valence-corrected chi connectivity index (χ3v) is 4.05. The Bertz CT molecular complexity index is 988. The number of fused-ring (bicyclic) bond motifs is 1. The summed E-state index contributed by atoms with van der Waals surface area (Å²) in [5.41, 5.74) is 8.94. The number of hydrogen-bond donors (Lipinski definition) is 2. The van der Waals surface area contributed by atoms with E-state index in [0.717, 1.165) is 22.9 Å². The van der Waals surface area contributed by atoms with E-state index in [0.29, 0.717) is 11.3 Å². The van der Waals surface area contributed by atoms with Crippen molar-refractivity contribution in [1.29, 1.82) is 0 Å². The molecule has 1 heterocycles. The van der Waals surface area contributed by atoms with E-state index in [2.05, 4.69) is 36.1 Å². The summed E-state index contributed by atoms with van der Waals surface area (Å²) in [4.78, 5) is 21.8. The lowest BCUT2D eigenvalue weighted by atomic mass is 9.86. The van der Waals surface area contributed by atoms with Gasteiger partial charge in [-0.3, -0.25) is 15.1 Å². The van der Waals surface area contributed by atoms with Gasteiger partial charge in [-0.1, -0.05) is 57.2 Å². The molecule has 0 saturated heterocycles. The second-order valence-corrected chi connectivity index (χ2v) is 7.70. The number of hydrogen-bond acceptors (Lipinski definition) is 3. The van der Waals surface area contributed by atoms with Crippen molar-refractivity contribution in [3.05, 3.63) is 71.9 Å². The Morgan fingerprint density at radius 3 is 2.44 bits per heavy atom. The van der Waals surface area contributed by atoms with Crippen molar-refractivity contribution in [3.8, 4) is 0 Å². The lowest BCUT2D eigenvalue weighted by Crippen LogP contribution is -2.37. The fourth-order valence-corrected chi connectivity index (χ4v) is 3.00. The van der Waals surface area contributed by atoms with Crippen LogP contribution in [0.3, 0.4) is 0 Å². The number of aromatic nitrogens is 1. The molecule has 3 rings (SSSR count). The molecule has 0 radical (unpaired) electrons. The molecule has 0 aliphatic carbocycles. The van der Waals surface area contributed by atoms with Crippen LogP contribution >= 0.6 is 0 Å². The van der Waals surface area contributed by atoms with Gasteiger partial charge in [-0.25, -0.2) is 4.99 Å². The minimum Gasteiger partial charge on any atom is -0.369 e. The molecule has 0 fully saturated rings. The molecule has 0 aliphatic rings. The van der Waals surface area contributed by atoms with E-state index in [9.17, 15) is 4.79 Å². The van der Waals surface area contributed by atoms with Crippen molar-refractivity contribution in [3.63, 3.8) is 0 Å². The summed E-state index contributed by atoms with van der Waals surface area (Å²) < 4.78 is 0. The van der Waals surface area contributed by atoms with Crippen LogP contribution in [-0.2, 0) is 6.42 Å². The number of nitrogens with two attached hydrogens (primary N) is 1. The molecule has 0 aliphatic heterocycles. The van der Waals surface area contributed by atoms with Crippen molar-refractivity contribution < 1.29 is 4.79 Å². The Morgan fingerprint density at radius 1 is 1.07 bits per heavy atom. The average Bonchev–Trinajstić information content (AvgIpc) is 2.60. The highest BCUT2D eigenvalue weighted by atomic mass is 16.1. The first-order valence-electron chi connectivity index (χ1n) is 8.91. The zero-order valence-corrected chi connectivity index (χ0v) is 15.9. The van der Waals surface area contributed by atoms with Crippen molar-refractivity contribution in [2.75, 3.05) is 0 Å². The number of nitrogens with one attached hydrogen (secondary N) is 1. The third-order valence-electron chi connectivity index (χ3n) is 4.05.